The highest BCUT2D eigenvalue weighted by molar-refractivity contribution is 6.11. The number of methoxy groups -OCH3 is 2. The third-order valence-corrected chi connectivity index (χ3v) is 3.68. The van der Waals surface area contributed by atoms with E-state index in [1.165, 1.54) is 0 Å². The van der Waals surface area contributed by atoms with E-state index in [2.05, 4.69) is 0 Å². The average molecular weight is 214 g/mol. The molecular formula is C10H19BO4. The summed E-state index contributed by atoms with van der Waals surface area (Å²) in [5.41, 5.74) is -0.832. The van der Waals surface area contributed by atoms with Crippen LogP contribution in [0.4, 0.5) is 0 Å². The van der Waals surface area contributed by atoms with Crippen LogP contribution in [0.1, 0.15) is 13.8 Å². The second-order valence-electron chi connectivity index (χ2n) is 4.89. The molecular weight excluding hydrogens is 195 g/mol. The molecule has 2 rings (SSSR count). The Hall–Kier alpha value is -0.0951. The SMILES string of the molecule is B[C@@H]1O[C@]2(COC)C(OC)C1OC2(C)C. The monoisotopic (exact) mass is 214 g/mol. The molecule has 4 atom stereocenters. The number of fused-ring (bicyclic) bond motifs is 2. The molecule has 2 unspecified atom stereocenters. The van der Waals surface area contributed by atoms with Gasteiger partial charge >= 0.3 is 0 Å². The van der Waals surface area contributed by atoms with Crippen LogP contribution < -0.4 is 0 Å². The predicted octanol–water partition coefficient (Wildman–Crippen LogP) is -0.447. The smallest absolute Gasteiger partial charge is 0.148 e. The first-order chi connectivity index (χ1) is 6.98. The van der Waals surface area contributed by atoms with Gasteiger partial charge in [0.2, 0.25) is 0 Å². The first-order valence-electron chi connectivity index (χ1n) is 5.36. The van der Waals surface area contributed by atoms with Crippen molar-refractivity contribution in [2.75, 3.05) is 20.8 Å². The number of rotatable bonds is 3. The van der Waals surface area contributed by atoms with Crippen LogP contribution >= 0.6 is 0 Å². The van der Waals surface area contributed by atoms with Crippen molar-refractivity contribution in [1.29, 1.82) is 0 Å². The van der Waals surface area contributed by atoms with E-state index < -0.39 is 5.60 Å². The summed E-state index contributed by atoms with van der Waals surface area (Å²) >= 11 is 0. The fraction of sp³-hybridized carbons (Fsp3) is 1.00. The summed E-state index contributed by atoms with van der Waals surface area (Å²) in [6, 6.07) is 0.0677. The lowest BCUT2D eigenvalue weighted by Crippen LogP contribution is -2.58. The van der Waals surface area contributed by atoms with Crippen LogP contribution in [0.15, 0.2) is 0 Å². The van der Waals surface area contributed by atoms with Crippen LogP contribution in [-0.2, 0) is 18.9 Å². The second kappa shape index (κ2) is 3.45. The molecule has 2 aliphatic rings. The largest absolute Gasteiger partial charge is 0.381 e. The van der Waals surface area contributed by atoms with Crippen LogP contribution in [0.25, 0.3) is 0 Å². The Bertz CT molecular complexity index is 258. The molecule has 2 heterocycles. The topological polar surface area (TPSA) is 36.9 Å². The zero-order valence-electron chi connectivity index (χ0n) is 10.1. The van der Waals surface area contributed by atoms with Gasteiger partial charge in [0, 0.05) is 14.2 Å². The Morgan fingerprint density at radius 3 is 2.47 bits per heavy atom. The number of hydrogen-bond acceptors (Lipinski definition) is 4. The lowest BCUT2D eigenvalue weighted by atomic mass is 9.84. The third kappa shape index (κ3) is 1.30. The van der Waals surface area contributed by atoms with Gasteiger partial charge in [-0.05, 0) is 13.8 Å². The van der Waals surface area contributed by atoms with Crippen molar-refractivity contribution in [3.63, 3.8) is 0 Å². The highest BCUT2D eigenvalue weighted by Gasteiger charge is 2.69. The van der Waals surface area contributed by atoms with Gasteiger partial charge in [-0.25, -0.2) is 0 Å². The van der Waals surface area contributed by atoms with Gasteiger partial charge in [-0.2, -0.15) is 0 Å². The van der Waals surface area contributed by atoms with E-state index in [-0.39, 0.29) is 23.8 Å². The molecule has 0 saturated carbocycles. The molecule has 5 heteroatoms. The molecule has 0 aliphatic carbocycles. The van der Waals surface area contributed by atoms with Gasteiger partial charge in [0.15, 0.2) is 0 Å². The zero-order chi connectivity index (χ0) is 11.3. The van der Waals surface area contributed by atoms with Crippen LogP contribution in [0.3, 0.4) is 0 Å². The maximum Gasteiger partial charge on any atom is 0.148 e. The fourth-order valence-electron chi connectivity index (χ4n) is 2.89. The zero-order valence-corrected chi connectivity index (χ0v) is 10.1. The van der Waals surface area contributed by atoms with Crippen LogP contribution in [0, 0.1) is 0 Å². The van der Waals surface area contributed by atoms with E-state index in [4.69, 9.17) is 18.9 Å². The molecule has 0 aromatic rings. The maximum atomic E-state index is 6.03. The van der Waals surface area contributed by atoms with Crippen molar-refractivity contribution >= 4 is 7.85 Å². The fourth-order valence-corrected chi connectivity index (χ4v) is 2.89. The summed E-state index contributed by atoms with van der Waals surface area (Å²) in [6.07, 6.45) is -0.0254. The van der Waals surface area contributed by atoms with Gasteiger partial charge in [-0.15, -0.1) is 0 Å². The molecule has 0 aromatic carbocycles. The Morgan fingerprint density at radius 2 is 1.93 bits per heavy atom. The van der Waals surface area contributed by atoms with Gasteiger partial charge < -0.3 is 18.9 Å². The normalized spacial score (nSPS) is 47.3. The molecule has 2 fully saturated rings. The Morgan fingerprint density at radius 1 is 1.27 bits per heavy atom. The molecule has 2 aliphatic heterocycles. The molecule has 2 bridgehead atoms. The van der Waals surface area contributed by atoms with Crippen LogP contribution in [0.2, 0.25) is 0 Å². The average Bonchev–Trinajstić information content (AvgIpc) is 2.51. The molecule has 0 aromatic heterocycles. The van der Waals surface area contributed by atoms with E-state index in [0.29, 0.717) is 6.61 Å². The summed E-state index contributed by atoms with van der Waals surface area (Å²) in [5.74, 6) is 0. The molecule has 2 saturated heterocycles. The molecule has 0 amide bonds. The van der Waals surface area contributed by atoms with E-state index in [0.717, 1.165) is 0 Å². The van der Waals surface area contributed by atoms with Gasteiger partial charge in [-0.3, -0.25) is 0 Å². The first-order valence-corrected chi connectivity index (χ1v) is 5.36. The van der Waals surface area contributed by atoms with Gasteiger partial charge in [0.05, 0.1) is 18.2 Å². The van der Waals surface area contributed by atoms with E-state index in [1.54, 1.807) is 14.2 Å². The lowest BCUT2D eigenvalue weighted by molar-refractivity contribution is -0.223. The lowest BCUT2D eigenvalue weighted by Gasteiger charge is -2.42. The third-order valence-electron chi connectivity index (χ3n) is 3.68. The summed E-state index contributed by atoms with van der Waals surface area (Å²) in [7, 11) is 5.40. The van der Waals surface area contributed by atoms with Crippen molar-refractivity contribution in [3.8, 4) is 0 Å². The Labute approximate surface area is 91.6 Å². The molecule has 15 heavy (non-hydrogen) atoms. The number of ether oxygens (including phenoxy) is 4. The molecule has 4 nitrogen and oxygen atoms in total. The summed E-state index contributed by atoms with van der Waals surface area (Å²) in [4.78, 5) is 0. The quantitative estimate of drug-likeness (QED) is 0.596. The highest BCUT2D eigenvalue weighted by atomic mass is 16.7. The van der Waals surface area contributed by atoms with Crippen molar-refractivity contribution in [2.45, 2.75) is 43.3 Å². The molecule has 86 valence electrons. The minimum absolute atomic E-state index is 0.0140. The van der Waals surface area contributed by atoms with E-state index in [9.17, 15) is 0 Å². The van der Waals surface area contributed by atoms with Gasteiger partial charge in [0.25, 0.3) is 0 Å². The highest BCUT2D eigenvalue weighted by Crippen LogP contribution is 2.50. The molecule has 0 spiro atoms. The van der Waals surface area contributed by atoms with Gasteiger partial charge in [-0.1, -0.05) is 0 Å². The van der Waals surface area contributed by atoms with E-state index >= 15 is 0 Å². The minimum atomic E-state index is -0.472. The van der Waals surface area contributed by atoms with Crippen LogP contribution in [0.5, 0.6) is 0 Å². The van der Waals surface area contributed by atoms with Crippen molar-refractivity contribution in [1.82, 2.24) is 0 Å². The maximum absolute atomic E-state index is 6.03. The van der Waals surface area contributed by atoms with Crippen molar-refractivity contribution < 1.29 is 18.9 Å². The first kappa shape index (κ1) is 11.4. The van der Waals surface area contributed by atoms with Crippen LogP contribution in [-0.4, -0.2) is 58.1 Å². The summed E-state index contributed by atoms with van der Waals surface area (Å²) < 4.78 is 22.8. The summed E-state index contributed by atoms with van der Waals surface area (Å²) in [6.45, 7) is 4.56. The van der Waals surface area contributed by atoms with Crippen molar-refractivity contribution in [2.24, 2.45) is 0 Å². The van der Waals surface area contributed by atoms with E-state index in [1.807, 2.05) is 21.7 Å². The summed E-state index contributed by atoms with van der Waals surface area (Å²) in [5, 5.41) is 0. The minimum Gasteiger partial charge on any atom is -0.381 e. The molecule has 0 N–H and O–H groups in total. The number of hydrogen-bond donors (Lipinski definition) is 0. The van der Waals surface area contributed by atoms with Crippen molar-refractivity contribution in [3.05, 3.63) is 0 Å². The Kier molecular flexibility index (Phi) is 2.62. The second-order valence-corrected chi connectivity index (χ2v) is 4.89. The Balaban J connectivity index is 2.35. The predicted molar refractivity (Wildman–Crippen MR) is 57.8 cm³/mol. The molecule has 0 radical (unpaired) electrons. The standard InChI is InChI=1S/C10H19BO4/c1-9(2)10(5-12-3)7(13-4)6(14-9)8(11)15-10/h6-8H,5,11H2,1-4H3/t6?,7?,8-,10-/m1/s1. The van der Waals surface area contributed by atoms with Gasteiger partial charge in [0.1, 0.15) is 25.7 Å².